The van der Waals surface area contributed by atoms with E-state index in [0.29, 0.717) is 23.9 Å². The maximum atomic E-state index is 12.6. The lowest BCUT2D eigenvalue weighted by atomic mass is 10.0. The average Bonchev–Trinajstić information content (AvgIpc) is 3.02. The number of hydrogen-bond acceptors (Lipinski definition) is 7. The maximum absolute atomic E-state index is 12.6. The molecule has 0 saturated carbocycles. The summed E-state index contributed by atoms with van der Waals surface area (Å²) >= 11 is 0. The third-order valence-corrected chi connectivity index (χ3v) is 9.43. The number of nitrogens with zero attached hydrogens (tertiary/aromatic N) is 1. The van der Waals surface area contributed by atoms with E-state index in [1.54, 1.807) is 0 Å². The Kier molecular flexibility index (Phi) is 30.9. The summed E-state index contributed by atoms with van der Waals surface area (Å²) in [7, 11) is 1.48. The molecule has 284 valence electrons. The third kappa shape index (κ3) is 34.6. The minimum absolute atomic E-state index is 0.0339. The molecule has 1 N–H and O–H groups in total. The number of phosphoric ester groups is 1. The molecule has 0 spiro atoms. The van der Waals surface area contributed by atoms with Crippen LogP contribution in [0.2, 0.25) is 0 Å². The van der Waals surface area contributed by atoms with Gasteiger partial charge in [-0.05, 0) is 25.7 Å². The lowest BCUT2D eigenvalue weighted by Gasteiger charge is -2.24. The summed E-state index contributed by atoms with van der Waals surface area (Å²) in [5, 5.41) is 0. The van der Waals surface area contributed by atoms with Gasteiger partial charge in [0, 0.05) is 12.8 Å². The highest BCUT2D eigenvalue weighted by molar-refractivity contribution is 7.47. The van der Waals surface area contributed by atoms with Gasteiger partial charge in [0.05, 0.1) is 27.7 Å². The summed E-state index contributed by atoms with van der Waals surface area (Å²) in [6.45, 7) is 5.91. The highest BCUT2D eigenvalue weighted by Crippen LogP contribution is 2.43. The van der Waals surface area contributed by atoms with E-state index >= 15 is 0 Å². The molecule has 0 aromatic carbocycles. The lowest BCUT2D eigenvalue weighted by Crippen LogP contribution is -2.37. The summed E-state index contributed by atoms with van der Waals surface area (Å²) in [4.78, 5) is 35.1. The second-order valence-corrected chi connectivity index (χ2v) is 15.9. The molecule has 0 bridgehead atoms. The first-order valence-electron chi connectivity index (χ1n) is 19.4. The van der Waals surface area contributed by atoms with Gasteiger partial charge in [-0.15, -0.1) is 6.58 Å². The number of rotatable bonds is 36. The molecule has 0 radical (unpaired) electrons. The lowest BCUT2D eigenvalue weighted by molar-refractivity contribution is -0.870. The highest BCUT2D eigenvalue weighted by atomic mass is 31.2. The van der Waals surface area contributed by atoms with Crippen molar-refractivity contribution in [3.63, 3.8) is 0 Å². The molecule has 2 atom stereocenters. The Morgan fingerprint density at radius 1 is 0.667 bits per heavy atom. The van der Waals surface area contributed by atoms with Gasteiger partial charge in [-0.1, -0.05) is 135 Å². The molecular weight excluding hydrogens is 629 g/mol. The molecular formula is C38H75NO8P+. The molecule has 0 aliphatic carbocycles. The van der Waals surface area contributed by atoms with Gasteiger partial charge in [0.1, 0.15) is 19.8 Å². The third-order valence-electron chi connectivity index (χ3n) is 8.44. The summed E-state index contributed by atoms with van der Waals surface area (Å²) in [5.74, 6) is -0.800. The van der Waals surface area contributed by atoms with E-state index in [0.717, 1.165) is 38.5 Å². The fraction of sp³-hybridized carbons (Fsp3) is 0.895. The Bertz CT molecular complexity index is 832. The molecule has 10 heteroatoms. The second kappa shape index (κ2) is 31.7. The number of unbranched alkanes of at least 4 members (excludes halogenated alkanes) is 21. The Hall–Kier alpha value is -1.25. The minimum atomic E-state index is -4.36. The number of likely N-dealkylation sites (N-methyl/N-ethyl adjacent to an activating group) is 1. The molecule has 0 fully saturated rings. The van der Waals surface area contributed by atoms with Crippen LogP contribution >= 0.6 is 7.82 Å². The Balaban J connectivity index is 4.37. The van der Waals surface area contributed by atoms with Gasteiger partial charge in [-0.25, -0.2) is 4.57 Å². The predicted molar refractivity (Wildman–Crippen MR) is 197 cm³/mol. The summed E-state index contributed by atoms with van der Waals surface area (Å²) in [6, 6.07) is 0. The van der Waals surface area contributed by atoms with Crippen molar-refractivity contribution < 1.29 is 42.1 Å². The standard InChI is InChI=1S/C38H74NO8P/c1-6-8-10-12-14-16-17-18-19-20-21-23-25-27-29-31-38(41)47-36(35-46-48(42,43)45-33-32-39(3,4)5)34-44-37(40)30-28-26-24-22-15-13-11-9-7-2/h6,36H,1,7-35H2,2-5H3/p+1/t36-/m1/s1. The van der Waals surface area contributed by atoms with Gasteiger partial charge >= 0.3 is 19.8 Å². The number of allylic oxidation sites excluding steroid dienone is 1. The van der Waals surface area contributed by atoms with E-state index in [9.17, 15) is 19.0 Å². The molecule has 0 heterocycles. The summed E-state index contributed by atoms with van der Waals surface area (Å²) in [5.41, 5.74) is 0. The van der Waals surface area contributed by atoms with E-state index in [4.69, 9.17) is 18.5 Å². The number of quaternary nitrogens is 1. The van der Waals surface area contributed by atoms with Crippen molar-refractivity contribution in [1.82, 2.24) is 0 Å². The van der Waals surface area contributed by atoms with Gasteiger partial charge < -0.3 is 18.9 Å². The molecule has 0 aliphatic rings. The van der Waals surface area contributed by atoms with Crippen LogP contribution in [-0.2, 0) is 32.7 Å². The number of ether oxygens (including phenoxy) is 2. The van der Waals surface area contributed by atoms with Crippen molar-refractivity contribution in [1.29, 1.82) is 0 Å². The molecule has 0 amide bonds. The summed E-state index contributed by atoms with van der Waals surface area (Å²) in [6.07, 6.45) is 28.7. The van der Waals surface area contributed by atoms with Crippen molar-refractivity contribution in [3.05, 3.63) is 12.7 Å². The first-order valence-corrected chi connectivity index (χ1v) is 20.9. The first-order chi connectivity index (χ1) is 23.0. The maximum Gasteiger partial charge on any atom is 0.472 e. The zero-order valence-corrected chi connectivity index (χ0v) is 32.5. The van der Waals surface area contributed by atoms with Gasteiger partial charge in [-0.3, -0.25) is 18.6 Å². The normalized spacial score (nSPS) is 13.6. The second-order valence-electron chi connectivity index (χ2n) is 14.4. The molecule has 9 nitrogen and oxygen atoms in total. The van der Waals surface area contributed by atoms with E-state index in [1.807, 2.05) is 27.2 Å². The Morgan fingerprint density at radius 2 is 1.10 bits per heavy atom. The van der Waals surface area contributed by atoms with Crippen molar-refractivity contribution >= 4 is 19.8 Å². The molecule has 0 aromatic heterocycles. The fourth-order valence-corrected chi connectivity index (χ4v) is 6.09. The van der Waals surface area contributed by atoms with Gasteiger partial charge in [0.15, 0.2) is 6.10 Å². The summed E-state index contributed by atoms with van der Waals surface area (Å²) < 4.78 is 34.1. The number of esters is 2. The van der Waals surface area contributed by atoms with Gasteiger partial charge in [0.25, 0.3) is 0 Å². The van der Waals surface area contributed by atoms with Crippen LogP contribution in [0.3, 0.4) is 0 Å². The van der Waals surface area contributed by atoms with E-state index < -0.39 is 26.5 Å². The predicted octanol–water partition coefficient (Wildman–Crippen LogP) is 10.2. The van der Waals surface area contributed by atoms with Crippen LogP contribution in [0.4, 0.5) is 0 Å². The first kappa shape index (κ1) is 46.8. The monoisotopic (exact) mass is 705 g/mol. The van der Waals surface area contributed by atoms with E-state index in [-0.39, 0.29) is 25.6 Å². The van der Waals surface area contributed by atoms with Crippen molar-refractivity contribution in [2.24, 2.45) is 0 Å². The minimum Gasteiger partial charge on any atom is -0.462 e. The Labute approximate surface area is 295 Å². The molecule has 0 aromatic rings. The molecule has 1 unspecified atom stereocenters. The van der Waals surface area contributed by atoms with E-state index in [1.165, 1.54) is 103 Å². The quantitative estimate of drug-likeness (QED) is 0.0226. The number of carbonyl (C=O) groups excluding carboxylic acids is 2. The molecule has 0 saturated heterocycles. The molecule has 48 heavy (non-hydrogen) atoms. The topological polar surface area (TPSA) is 108 Å². The smallest absolute Gasteiger partial charge is 0.462 e. The van der Waals surface area contributed by atoms with Crippen LogP contribution in [0.15, 0.2) is 12.7 Å². The van der Waals surface area contributed by atoms with Crippen LogP contribution in [-0.4, -0.2) is 74.9 Å². The van der Waals surface area contributed by atoms with Crippen LogP contribution in [0.25, 0.3) is 0 Å². The van der Waals surface area contributed by atoms with Crippen LogP contribution < -0.4 is 0 Å². The zero-order chi connectivity index (χ0) is 35.8. The highest BCUT2D eigenvalue weighted by Gasteiger charge is 2.27. The van der Waals surface area contributed by atoms with Crippen molar-refractivity contribution in [2.75, 3.05) is 47.5 Å². The Morgan fingerprint density at radius 3 is 1.56 bits per heavy atom. The molecule has 0 rings (SSSR count). The number of carbonyl (C=O) groups is 2. The zero-order valence-electron chi connectivity index (χ0n) is 31.6. The number of phosphoric acid groups is 1. The largest absolute Gasteiger partial charge is 0.472 e. The fourth-order valence-electron chi connectivity index (χ4n) is 5.35. The van der Waals surface area contributed by atoms with Crippen LogP contribution in [0.1, 0.15) is 167 Å². The van der Waals surface area contributed by atoms with Gasteiger partial charge in [0.2, 0.25) is 0 Å². The van der Waals surface area contributed by atoms with E-state index in [2.05, 4.69) is 13.5 Å². The van der Waals surface area contributed by atoms with Gasteiger partial charge in [-0.2, -0.15) is 0 Å². The average molecular weight is 705 g/mol. The molecule has 0 aliphatic heterocycles. The van der Waals surface area contributed by atoms with Crippen molar-refractivity contribution in [3.8, 4) is 0 Å². The van der Waals surface area contributed by atoms with Crippen molar-refractivity contribution in [2.45, 2.75) is 174 Å². The van der Waals surface area contributed by atoms with Crippen LogP contribution in [0.5, 0.6) is 0 Å². The van der Waals surface area contributed by atoms with Crippen LogP contribution in [0, 0.1) is 0 Å². The number of hydrogen-bond donors (Lipinski definition) is 1. The SMILES string of the molecule is C=CCCCCCCCCCCCCCCCC(=O)O[C@H](COC(=O)CCCCCCCCCCC)COP(=O)(O)OCC[N+](C)(C)C.